The van der Waals surface area contributed by atoms with Gasteiger partial charge in [-0.2, -0.15) is 10.5 Å². The van der Waals surface area contributed by atoms with E-state index in [1.807, 2.05) is 122 Å². The molecule has 0 aliphatic carbocycles. The van der Waals surface area contributed by atoms with Crippen molar-refractivity contribution in [1.82, 2.24) is 29.1 Å². The van der Waals surface area contributed by atoms with E-state index in [1.54, 1.807) is 0 Å². The average molecular weight is 919 g/mol. The number of aromatic nitrogens is 6. The zero-order valence-electron chi connectivity index (χ0n) is 38.5. The summed E-state index contributed by atoms with van der Waals surface area (Å²) in [4.78, 5) is 20.3. The van der Waals surface area contributed by atoms with E-state index < -0.39 is 0 Å². The molecule has 0 spiro atoms. The second-order valence-electron chi connectivity index (χ2n) is 17.7. The van der Waals surface area contributed by atoms with Gasteiger partial charge in [-0.3, -0.25) is 4.98 Å². The van der Waals surface area contributed by atoms with E-state index in [9.17, 15) is 10.5 Å². The van der Waals surface area contributed by atoms with Gasteiger partial charge in [0.25, 0.3) is 0 Å². The second kappa shape index (κ2) is 17.4. The SMILES string of the molecule is N#Cc1ccc(-c2ccc3c(c2)c2ccccc2n3-c2ccncc2-c2cc(-c3nc(-c4ccccc4)nc(-c4ccccc4)n3)ccc2-n2c3ccccc3c3cc(-c4ccc(C#N)cc4)ccc32)cc1. The quantitative estimate of drug-likeness (QED) is 0.150. The van der Waals surface area contributed by atoms with Gasteiger partial charge in [0.05, 0.1) is 56.7 Å². The molecule has 0 atom stereocenters. The van der Waals surface area contributed by atoms with Gasteiger partial charge >= 0.3 is 0 Å². The lowest BCUT2D eigenvalue weighted by Crippen LogP contribution is -2.04. The number of nitrogens with zero attached hydrogens (tertiary/aromatic N) is 8. The van der Waals surface area contributed by atoms with Crippen molar-refractivity contribution >= 4 is 43.6 Å². The Morgan fingerprint density at radius 1 is 0.319 bits per heavy atom. The van der Waals surface area contributed by atoms with Crippen molar-refractivity contribution < 1.29 is 0 Å². The van der Waals surface area contributed by atoms with Gasteiger partial charge in [-0.15, -0.1) is 0 Å². The molecule has 0 N–H and O–H groups in total. The zero-order valence-corrected chi connectivity index (χ0v) is 38.5. The fourth-order valence-corrected chi connectivity index (χ4v) is 10.1. The predicted molar refractivity (Wildman–Crippen MR) is 288 cm³/mol. The summed E-state index contributed by atoms with van der Waals surface area (Å²) in [5.41, 5.74) is 16.0. The Bertz CT molecular complexity index is 4270. The summed E-state index contributed by atoms with van der Waals surface area (Å²) < 4.78 is 4.71. The molecule has 13 aromatic rings. The molecule has 0 aliphatic rings. The molecule has 0 saturated carbocycles. The molecule has 8 nitrogen and oxygen atoms in total. The minimum Gasteiger partial charge on any atom is -0.309 e. The monoisotopic (exact) mass is 918 g/mol. The van der Waals surface area contributed by atoms with Crippen LogP contribution in [0.1, 0.15) is 11.1 Å². The molecular weight excluding hydrogens is 881 g/mol. The number of rotatable bonds is 8. The van der Waals surface area contributed by atoms with Crippen LogP contribution < -0.4 is 0 Å². The third-order valence-corrected chi connectivity index (χ3v) is 13.6. The van der Waals surface area contributed by atoms with Crippen molar-refractivity contribution in [3.8, 4) is 91.1 Å². The van der Waals surface area contributed by atoms with E-state index in [4.69, 9.17) is 19.9 Å². The van der Waals surface area contributed by atoms with Gasteiger partial charge in [-0.05, 0) is 107 Å². The van der Waals surface area contributed by atoms with Crippen LogP contribution in [0.4, 0.5) is 0 Å². The van der Waals surface area contributed by atoms with Crippen LogP contribution >= 0.6 is 0 Å². The van der Waals surface area contributed by atoms with Crippen molar-refractivity contribution in [1.29, 1.82) is 10.5 Å². The first kappa shape index (κ1) is 41.9. The smallest absolute Gasteiger partial charge is 0.164 e. The van der Waals surface area contributed by atoms with E-state index in [2.05, 4.69) is 130 Å². The van der Waals surface area contributed by atoms with Gasteiger partial charge in [0.1, 0.15) is 0 Å². The first-order valence-electron chi connectivity index (χ1n) is 23.6. The predicted octanol–water partition coefficient (Wildman–Crippen LogP) is 15.2. The molecule has 13 rings (SSSR count). The standard InChI is InChI=1S/C64H38N8/c65-38-41-19-23-43(24-20-41)47-27-30-58-52(35-47)50-15-7-9-17-56(50)71(58)60-32-29-49(64-69-62(45-11-3-1-4-12-45)68-63(70-64)46-13-5-2-6-14-46)37-54(60)55-40-67-34-33-61(55)72-57-18-10-8-16-51(57)53-36-48(28-31-59(53)72)44-25-21-42(39-66)22-26-44/h1-37,40H. The Kier molecular flexibility index (Phi) is 10.1. The van der Waals surface area contributed by atoms with Crippen molar-refractivity contribution in [2.24, 2.45) is 0 Å². The van der Waals surface area contributed by atoms with Gasteiger partial charge in [0.15, 0.2) is 17.5 Å². The molecular formula is C64H38N8. The lowest BCUT2D eigenvalue weighted by atomic mass is 9.99. The van der Waals surface area contributed by atoms with Crippen LogP contribution in [0.25, 0.3) is 123 Å². The van der Waals surface area contributed by atoms with E-state index >= 15 is 0 Å². The molecule has 0 amide bonds. The average Bonchev–Trinajstić information content (AvgIpc) is 3.97. The highest BCUT2D eigenvalue weighted by atomic mass is 15.0. The minimum atomic E-state index is 0.544. The fraction of sp³-hybridized carbons (Fsp3) is 0. The highest BCUT2D eigenvalue weighted by molar-refractivity contribution is 6.13. The highest BCUT2D eigenvalue weighted by Gasteiger charge is 2.23. The number of benzene rings is 9. The molecule has 0 saturated heterocycles. The van der Waals surface area contributed by atoms with Crippen LogP contribution in [0.5, 0.6) is 0 Å². The molecule has 334 valence electrons. The third-order valence-electron chi connectivity index (χ3n) is 13.6. The maximum atomic E-state index is 9.53. The van der Waals surface area contributed by atoms with Crippen molar-refractivity contribution in [2.45, 2.75) is 0 Å². The van der Waals surface area contributed by atoms with Gasteiger partial charge in [0, 0.05) is 61.8 Å². The molecule has 4 aromatic heterocycles. The first-order valence-corrected chi connectivity index (χ1v) is 23.6. The van der Waals surface area contributed by atoms with Gasteiger partial charge in [-0.25, -0.2) is 15.0 Å². The Balaban J connectivity index is 1.07. The van der Waals surface area contributed by atoms with Gasteiger partial charge in [-0.1, -0.05) is 133 Å². The van der Waals surface area contributed by atoms with Crippen LogP contribution in [0.3, 0.4) is 0 Å². The summed E-state index contributed by atoms with van der Waals surface area (Å²) in [6.07, 6.45) is 3.84. The van der Waals surface area contributed by atoms with Crippen LogP contribution in [0.2, 0.25) is 0 Å². The lowest BCUT2D eigenvalue weighted by molar-refractivity contribution is 1.07. The van der Waals surface area contributed by atoms with E-state index in [-0.39, 0.29) is 0 Å². The van der Waals surface area contributed by atoms with Crippen LogP contribution in [-0.4, -0.2) is 29.1 Å². The summed E-state index contributed by atoms with van der Waals surface area (Å²) in [7, 11) is 0. The highest BCUT2D eigenvalue weighted by Crippen LogP contribution is 2.43. The van der Waals surface area contributed by atoms with Crippen molar-refractivity contribution in [2.75, 3.05) is 0 Å². The summed E-state index contributed by atoms with van der Waals surface area (Å²) >= 11 is 0. The van der Waals surface area contributed by atoms with E-state index in [1.165, 1.54) is 0 Å². The van der Waals surface area contributed by atoms with E-state index in [0.717, 1.165) is 105 Å². The topological polar surface area (TPSA) is 109 Å². The summed E-state index contributed by atoms with van der Waals surface area (Å²) in [6.45, 7) is 0. The Hall–Kier alpha value is -10.3. The second-order valence-corrected chi connectivity index (χ2v) is 17.7. The molecule has 9 aromatic carbocycles. The summed E-state index contributed by atoms with van der Waals surface area (Å²) in [5, 5.41) is 23.5. The maximum Gasteiger partial charge on any atom is 0.164 e. The summed E-state index contributed by atoms with van der Waals surface area (Å²) in [5.74, 6) is 1.71. The van der Waals surface area contributed by atoms with E-state index in [0.29, 0.717) is 28.6 Å². The molecule has 0 radical (unpaired) electrons. The molecule has 0 aliphatic heterocycles. The van der Waals surface area contributed by atoms with Gasteiger partial charge in [0.2, 0.25) is 0 Å². The van der Waals surface area contributed by atoms with Gasteiger partial charge < -0.3 is 9.13 Å². The number of para-hydroxylation sites is 2. The number of hydrogen-bond donors (Lipinski definition) is 0. The van der Waals surface area contributed by atoms with Crippen LogP contribution in [-0.2, 0) is 0 Å². The maximum absolute atomic E-state index is 9.53. The number of hydrogen-bond acceptors (Lipinski definition) is 6. The number of fused-ring (bicyclic) bond motifs is 6. The number of pyridine rings is 1. The molecule has 0 fully saturated rings. The molecule has 8 heteroatoms. The molecule has 4 heterocycles. The van der Waals surface area contributed by atoms with Crippen LogP contribution in [0, 0.1) is 22.7 Å². The normalized spacial score (nSPS) is 11.3. The van der Waals surface area contributed by atoms with Crippen molar-refractivity contribution in [3.05, 3.63) is 242 Å². The minimum absolute atomic E-state index is 0.544. The molecule has 0 unspecified atom stereocenters. The first-order chi connectivity index (χ1) is 35.6. The zero-order chi connectivity index (χ0) is 48.1. The summed E-state index contributed by atoms with van der Waals surface area (Å²) in [6, 6.07) is 79.0. The van der Waals surface area contributed by atoms with Crippen molar-refractivity contribution in [3.63, 3.8) is 0 Å². The molecule has 72 heavy (non-hydrogen) atoms. The lowest BCUT2D eigenvalue weighted by Gasteiger charge is -2.19. The van der Waals surface area contributed by atoms with Crippen LogP contribution in [0.15, 0.2) is 231 Å². The molecule has 0 bridgehead atoms. The Labute approximate surface area is 414 Å². The third kappa shape index (κ3) is 7.15. The Morgan fingerprint density at radius 3 is 1.24 bits per heavy atom. The fourth-order valence-electron chi connectivity index (χ4n) is 10.1. The Morgan fingerprint density at radius 2 is 0.736 bits per heavy atom. The number of nitriles is 2. The largest absolute Gasteiger partial charge is 0.309 e.